The van der Waals surface area contributed by atoms with E-state index in [4.69, 9.17) is 4.74 Å². The lowest BCUT2D eigenvalue weighted by atomic mass is 10.1. The second-order valence-corrected chi connectivity index (χ2v) is 7.00. The number of carbonyl (C=O) groups is 2. The third-order valence-electron chi connectivity index (χ3n) is 5.01. The fraction of sp³-hybridized carbons (Fsp3) is 0.364. The number of halogens is 1. The number of rotatable bonds is 7. The first-order chi connectivity index (χ1) is 14.1. The molecule has 29 heavy (non-hydrogen) atoms. The number of hydrogen-bond acceptors (Lipinski definition) is 4. The predicted octanol–water partition coefficient (Wildman–Crippen LogP) is 2.30. The van der Waals surface area contributed by atoms with Crippen LogP contribution in [-0.2, 0) is 11.3 Å². The van der Waals surface area contributed by atoms with Gasteiger partial charge in [-0.25, -0.2) is 4.39 Å². The van der Waals surface area contributed by atoms with Gasteiger partial charge in [0.15, 0.2) is 11.6 Å². The molecule has 3 rings (SSSR count). The van der Waals surface area contributed by atoms with Gasteiger partial charge in [0.1, 0.15) is 0 Å². The van der Waals surface area contributed by atoms with Crippen molar-refractivity contribution in [3.8, 4) is 5.75 Å². The van der Waals surface area contributed by atoms with Gasteiger partial charge in [-0.05, 0) is 29.8 Å². The van der Waals surface area contributed by atoms with Gasteiger partial charge in [0.2, 0.25) is 5.91 Å². The zero-order chi connectivity index (χ0) is 20.6. The second kappa shape index (κ2) is 10.0. The monoisotopic (exact) mass is 399 g/mol. The molecule has 1 fully saturated rings. The Morgan fingerprint density at radius 2 is 1.79 bits per heavy atom. The quantitative estimate of drug-likeness (QED) is 0.776. The fourth-order valence-corrected chi connectivity index (χ4v) is 3.35. The Bertz CT molecular complexity index is 836. The van der Waals surface area contributed by atoms with Crippen molar-refractivity contribution in [2.24, 2.45) is 0 Å². The van der Waals surface area contributed by atoms with Crippen LogP contribution in [0, 0.1) is 5.82 Å². The summed E-state index contributed by atoms with van der Waals surface area (Å²) in [7, 11) is 1.45. The Kier molecular flexibility index (Phi) is 7.19. The lowest BCUT2D eigenvalue weighted by Gasteiger charge is -2.34. The van der Waals surface area contributed by atoms with E-state index in [9.17, 15) is 14.0 Å². The summed E-state index contributed by atoms with van der Waals surface area (Å²) in [6.07, 6.45) is 0.280. The summed E-state index contributed by atoms with van der Waals surface area (Å²) in [6, 6.07) is 13.9. The van der Waals surface area contributed by atoms with Crippen LogP contribution < -0.4 is 10.1 Å². The topological polar surface area (TPSA) is 61.9 Å². The van der Waals surface area contributed by atoms with Crippen LogP contribution in [0.25, 0.3) is 0 Å². The Balaban J connectivity index is 1.39. The van der Waals surface area contributed by atoms with Crippen molar-refractivity contribution in [1.82, 2.24) is 15.1 Å². The minimum Gasteiger partial charge on any atom is -0.494 e. The van der Waals surface area contributed by atoms with Crippen molar-refractivity contribution in [1.29, 1.82) is 0 Å². The molecule has 2 aromatic rings. The van der Waals surface area contributed by atoms with Crippen molar-refractivity contribution in [3.63, 3.8) is 0 Å². The minimum absolute atomic E-state index is 0.0357. The molecule has 0 aromatic heterocycles. The van der Waals surface area contributed by atoms with Gasteiger partial charge in [-0.3, -0.25) is 14.5 Å². The van der Waals surface area contributed by atoms with E-state index in [0.717, 1.165) is 18.7 Å². The van der Waals surface area contributed by atoms with E-state index >= 15 is 0 Å². The summed E-state index contributed by atoms with van der Waals surface area (Å²) in [6.45, 7) is 3.67. The number of hydrogen-bond donors (Lipinski definition) is 1. The largest absolute Gasteiger partial charge is 0.494 e. The molecule has 1 heterocycles. The minimum atomic E-state index is -0.364. The van der Waals surface area contributed by atoms with Gasteiger partial charge in [-0.2, -0.15) is 0 Å². The molecular weight excluding hydrogens is 373 g/mol. The van der Waals surface area contributed by atoms with Crippen LogP contribution in [0.15, 0.2) is 48.5 Å². The van der Waals surface area contributed by atoms with Crippen LogP contribution in [0.1, 0.15) is 22.3 Å². The Morgan fingerprint density at radius 1 is 1.07 bits per heavy atom. The van der Waals surface area contributed by atoms with Gasteiger partial charge in [0.25, 0.3) is 5.91 Å². The second-order valence-electron chi connectivity index (χ2n) is 7.00. The zero-order valence-corrected chi connectivity index (χ0v) is 16.6. The standard InChI is InChI=1S/C22H26FN3O3/c1-29-20-8-7-17(15-19(20)23)16-25-11-13-26(14-12-25)21(27)9-10-24-22(28)18-5-3-2-4-6-18/h2-8,15H,9-14,16H2,1H3,(H,24,28). The molecule has 0 spiro atoms. The molecule has 1 aliphatic heterocycles. The van der Waals surface area contributed by atoms with E-state index in [1.54, 1.807) is 30.3 Å². The van der Waals surface area contributed by atoms with Crippen LogP contribution in [-0.4, -0.2) is 61.4 Å². The highest BCUT2D eigenvalue weighted by Gasteiger charge is 2.21. The van der Waals surface area contributed by atoms with Gasteiger partial charge >= 0.3 is 0 Å². The van der Waals surface area contributed by atoms with E-state index < -0.39 is 0 Å². The maximum Gasteiger partial charge on any atom is 0.251 e. The molecule has 7 heteroatoms. The molecule has 0 aliphatic carbocycles. The first kappa shape index (κ1) is 20.8. The Labute approximate surface area is 170 Å². The average Bonchev–Trinajstić information content (AvgIpc) is 2.75. The molecule has 1 aliphatic rings. The fourth-order valence-electron chi connectivity index (χ4n) is 3.35. The summed E-state index contributed by atoms with van der Waals surface area (Å²) < 4.78 is 18.8. The van der Waals surface area contributed by atoms with E-state index in [1.165, 1.54) is 13.2 Å². The summed E-state index contributed by atoms with van der Waals surface area (Å²) in [5.41, 5.74) is 1.47. The SMILES string of the molecule is COc1ccc(CN2CCN(C(=O)CCNC(=O)c3ccccc3)CC2)cc1F. The van der Waals surface area contributed by atoms with Crippen LogP contribution in [0.5, 0.6) is 5.75 Å². The molecule has 0 saturated carbocycles. The Morgan fingerprint density at radius 3 is 2.45 bits per heavy atom. The number of nitrogens with zero attached hydrogens (tertiary/aromatic N) is 2. The van der Waals surface area contributed by atoms with Gasteiger partial charge in [-0.1, -0.05) is 24.3 Å². The zero-order valence-electron chi connectivity index (χ0n) is 16.6. The summed E-state index contributed by atoms with van der Waals surface area (Å²) >= 11 is 0. The number of piperazine rings is 1. The van der Waals surface area contributed by atoms with E-state index in [0.29, 0.717) is 31.7 Å². The number of benzene rings is 2. The molecule has 2 amide bonds. The van der Waals surface area contributed by atoms with Crippen molar-refractivity contribution in [2.75, 3.05) is 39.8 Å². The van der Waals surface area contributed by atoms with Crippen molar-refractivity contribution in [2.45, 2.75) is 13.0 Å². The van der Waals surface area contributed by atoms with Crippen molar-refractivity contribution < 1.29 is 18.7 Å². The molecule has 0 unspecified atom stereocenters. The Hall–Kier alpha value is -2.93. The third kappa shape index (κ3) is 5.77. The number of methoxy groups -OCH3 is 1. The third-order valence-corrected chi connectivity index (χ3v) is 5.01. The van der Waals surface area contributed by atoms with Crippen LogP contribution in [0.4, 0.5) is 4.39 Å². The molecular formula is C22H26FN3O3. The van der Waals surface area contributed by atoms with Crippen LogP contribution >= 0.6 is 0 Å². The maximum atomic E-state index is 13.8. The molecule has 1 N–H and O–H groups in total. The molecule has 0 atom stereocenters. The average molecular weight is 399 g/mol. The molecule has 2 aromatic carbocycles. The molecule has 154 valence electrons. The highest BCUT2D eigenvalue weighted by Crippen LogP contribution is 2.19. The molecule has 1 saturated heterocycles. The first-order valence-corrected chi connectivity index (χ1v) is 9.72. The van der Waals surface area contributed by atoms with Crippen LogP contribution in [0.3, 0.4) is 0 Å². The number of ether oxygens (including phenoxy) is 1. The first-order valence-electron chi connectivity index (χ1n) is 9.72. The van der Waals surface area contributed by atoms with Crippen LogP contribution in [0.2, 0.25) is 0 Å². The van der Waals surface area contributed by atoms with Gasteiger partial charge in [-0.15, -0.1) is 0 Å². The smallest absolute Gasteiger partial charge is 0.251 e. The number of carbonyl (C=O) groups excluding carboxylic acids is 2. The highest BCUT2D eigenvalue weighted by atomic mass is 19.1. The number of amides is 2. The number of nitrogens with one attached hydrogen (secondary N) is 1. The van der Waals surface area contributed by atoms with Gasteiger partial charge < -0.3 is 15.0 Å². The summed E-state index contributed by atoms with van der Waals surface area (Å²) in [4.78, 5) is 28.4. The maximum absolute atomic E-state index is 13.8. The van der Waals surface area contributed by atoms with Gasteiger partial charge in [0.05, 0.1) is 7.11 Å². The molecule has 0 radical (unpaired) electrons. The van der Waals surface area contributed by atoms with Gasteiger partial charge in [0, 0.05) is 51.3 Å². The molecule has 0 bridgehead atoms. The summed E-state index contributed by atoms with van der Waals surface area (Å²) in [5, 5.41) is 2.78. The van der Waals surface area contributed by atoms with E-state index in [2.05, 4.69) is 10.2 Å². The lowest BCUT2D eigenvalue weighted by Crippen LogP contribution is -2.48. The molecule has 6 nitrogen and oxygen atoms in total. The van der Waals surface area contributed by atoms with E-state index in [1.807, 2.05) is 17.0 Å². The highest BCUT2D eigenvalue weighted by molar-refractivity contribution is 5.94. The lowest BCUT2D eigenvalue weighted by molar-refractivity contribution is -0.132. The van der Waals surface area contributed by atoms with Crippen molar-refractivity contribution in [3.05, 3.63) is 65.5 Å². The predicted molar refractivity (Wildman–Crippen MR) is 108 cm³/mol. The van der Waals surface area contributed by atoms with Crippen molar-refractivity contribution >= 4 is 11.8 Å². The summed E-state index contributed by atoms with van der Waals surface area (Å²) in [5.74, 6) is -0.261. The van der Waals surface area contributed by atoms with E-state index in [-0.39, 0.29) is 29.8 Å². The normalized spacial score (nSPS) is 14.5.